The molecule has 1 amide bonds. The molecule has 0 spiro atoms. The van der Waals surface area contributed by atoms with Crippen LogP contribution in [0.25, 0.3) is 0 Å². The molecular weight excluding hydrogens is 296 g/mol. The van der Waals surface area contributed by atoms with Gasteiger partial charge in [0.1, 0.15) is 6.04 Å². The highest BCUT2D eigenvalue weighted by molar-refractivity contribution is 8.00. The van der Waals surface area contributed by atoms with Gasteiger partial charge >= 0.3 is 11.9 Å². The Morgan fingerprint density at radius 2 is 1.71 bits per heavy atom. The summed E-state index contributed by atoms with van der Waals surface area (Å²) >= 11 is 1.23. The Labute approximate surface area is 127 Å². The van der Waals surface area contributed by atoms with E-state index in [9.17, 15) is 14.4 Å². The smallest absolute Gasteiger partial charge is 0.339 e. The second-order valence-electron chi connectivity index (χ2n) is 5.03. The predicted octanol–water partition coefficient (Wildman–Crippen LogP) is -0.302. The minimum absolute atomic E-state index is 0.224. The normalized spacial score (nSPS) is 25.9. The molecule has 8 heteroatoms. The standard InChI is InChI=1S/C13H20N2O5S/c1-19-12(17)9-8-21-11(13(18)20-2)15(9)10(16)7-14-5-3-4-6-14/h9,11H,3-8H2,1-2H3/t9-,11+/m1/s1. The van der Waals surface area contributed by atoms with Crippen LogP contribution in [0.15, 0.2) is 0 Å². The molecule has 2 heterocycles. The molecule has 0 unspecified atom stereocenters. The van der Waals surface area contributed by atoms with Gasteiger partial charge in [0, 0.05) is 5.75 Å². The molecule has 118 valence electrons. The summed E-state index contributed by atoms with van der Waals surface area (Å²) in [4.78, 5) is 39.5. The zero-order valence-electron chi connectivity index (χ0n) is 12.2. The highest BCUT2D eigenvalue weighted by atomic mass is 32.2. The van der Waals surface area contributed by atoms with E-state index in [4.69, 9.17) is 9.47 Å². The van der Waals surface area contributed by atoms with Gasteiger partial charge in [0.15, 0.2) is 5.37 Å². The van der Waals surface area contributed by atoms with Gasteiger partial charge in [-0.1, -0.05) is 0 Å². The van der Waals surface area contributed by atoms with Crippen LogP contribution in [0.3, 0.4) is 0 Å². The summed E-state index contributed by atoms with van der Waals surface area (Å²) in [5.41, 5.74) is 0. The molecule has 2 aliphatic rings. The van der Waals surface area contributed by atoms with Gasteiger partial charge in [-0.25, -0.2) is 9.59 Å². The fourth-order valence-electron chi connectivity index (χ4n) is 2.62. The van der Waals surface area contributed by atoms with Gasteiger partial charge in [0.25, 0.3) is 0 Å². The summed E-state index contributed by atoms with van der Waals surface area (Å²) in [7, 11) is 2.55. The maximum absolute atomic E-state index is 12.5. The van der Waals surface area contributed by atoms with Crippen LogP contribution in [0.4, 0.5) is 0 Å². The van der Waals surface area contributed by atoms with Crippen molar-refractivity contribution in [3.8, 4) is 0 Å². The molecule has 0 bridgehead atoms. The van der Waals surface area contributed by atoms with E-state index in [1.165, 1.54) is 30.9 Å². The van der Waals surface area contributed by atoms with E-state index in [1.807, 2.05) is 4.90 Å². The van der Waals surface area contributed by atoms with Crippen LogP contribution < -0.4 is 0 Å². The lowest BCUT2D eigenvalue weighted by Crippen LogP contribution is -2.51. The van der Waals surface area contributed by atoms with E-state index < -0.39 is 23.4 Å². The number of methoxy groups -OCH3 is 2. The summed E-state index contributed by atoms with van der Waals surface area (Å²) in [6.07, 6.45) is 2.14. The molecule has 2 saturated heterocycles. The number of amides is 1. The first-order chi connectivity index (χ1) is 10.1. The Kier molecular flexibility index (Phi) is 5.46. The largest absolute Gasteiger partial charge is 0.467 e. The molecule has 7 nitrogen and oxygen atoms in total. The van der Waals surface area contributed by atoms with Crippen molar-refractivity contribution in [3.63, 3.8) is 0 Å². The van der Waals surface area contributed by atoms with Crippen LogP contribution in [0.2, 0.25) is 0 Å². The number of likely N-dealkylation sites (tertiary alicyclic amines) is 1. The number of rotatable bonds is 4. The quantitative estimate of drug-likeness (QED) is 0.659. The molecule has 2 fully saturated rings. The summed E-state index contributed by atoms with van der Waals surface area (Å²) < 4.78 is 9.46. The monoisotopic (exact) mass is 316 g/mol. The van der Waals surface area contributed by atoms with Crippen LogP contribution in [-0.4, -0.2) is 78.7 Å². The molecule has 2 rings (SSSR count). The third-order valence-electron chi connectivity index (χ3n) is 3.72. The van der Waals surface area contributed by atoms with Crippen molar-refractivity contribution in [2.24, 2.45) is 0 Å². The predicted molar refractivity (Wildman–Crippen MR) is 76.6 cm³/mol. The van der Waals surface area contributed by atoms with Crippen LogP contribution in [0, 0.1) is 0 Å². The zero-order valence-corrected chi connectivity index (χ0v) is 13.1. The molecule has 21 heavy (non-hydrogen) atoms. The summed E-state index contributed by atoms with van der Waals surface area (Å²) in [6.45, 7) is 1.97. The average molecular weight is 316 g/mol. The average Bonchev–Trinajstić information content (AvgIpc) is 3.14. The number of hydrogen-bond acceptors (Lipinski definition) is 7. The second kappa shape index (κ2) is 7.13. The lowest BCUT2D eigenvalue weighted by molar-refractivity contribution is -0.156. The number of esters is 2. The van der Waals surface area contributed by atoms with Crippen molar-refractivity contribution in [3.05, 3.63) is 0 Å². The maximum Gasteiger partial charge on any atom is 0.339 e. The lowest BCUT2D eigenvalue weighted by atomic mass is 10.2. The van der Waals surface area contributed by atoms with Crippen LogP contribution in [0.1, 0.15) is 12.8 Å². The van der Waals surface area contributed by atoms with Crippen molar-refractivity contribution in [1.29, 1.82) is 0 Å². The van der Waals surface area contributed by atoms with Crippen molar-refractivity contribution < 1.29 is 23.9 Å². The fraction of sp³-hybridized carbons (Fsp3) is 0.769. The lowest BCUT2D eigenvalue weighted by Gasteiger charge is -2.28. The minimum atomic E-state index is -0.769. The molecule has 0 saturated carbocycles. The molecule has 0 aromatic heterocycles. The van der Waals surface area contributed by atoms with Gasteiger partial charge in [0.2, 0.25) is 5.91 Å². The van der Waals surface area contributed by atoms with Crippen molar-refractivity contribution in [2.75, 3.05) is 39.6 Å². The van der Waals surface area contributed by atoms with Gasteiger partial charge in [-0.05, 0) is 25.9 Å². The summed E-state index contributed by atoms with van der Waals surface area (Å²) in [5, 5.41) is -0.769. The van der Waals surface area contributed by atoms with Gasteiger partial charge in [-0.15, -0.1) is 11.8 Å². The van der Waals surface area contributed by atoms with E-state index >= 15 is 0 Å². The highest BCUT2D eigenvalue weighted by Gasteiger charge is 2.46. The zero-order chi connectivity index (χ0) is 15.4. The third kappa shape index (κ3) is 3.49. The van der Waals surface area contributed by atoms with E-state index in [-0.39, 0.29) is 12.5 Å². The fourth-order valence-corrected chi connectivity index (χ4v) is 3.94. The Morgan fingerprint density at radius 1 is 1.10 bits per heavy atom. The maximum atomic E-state index is 12.5. The molecule has 0 aliphatic carbocycles. The SMILES string of the molecule is COC(=O)[C@H]1CS[C@@H](C(=O)OC)N1C(=O)CN1CCCC1. The van der Waals surface area contributed by atoms with Gasteiger partial charge in [0.05, 0.1) is 20.8 Å². The van der Waals surface area contributed by atoms with E-state index in [1.54, 1.807) is 0 Å². The Hall–Kier alpha value is -1.28. The summed E-state index contributed by atoms with van der Waals surface area (Å²) in [5.74, 6) is -0.893. The van der Waals surface area contributed by atoms with E-state index in [2.05, 4.69) is 0 Å². The molecule has 2 aliphatic heterocycles. The van der Waals surface area contributed by atoms with Crippen molar-refractivity contribution >= 4 is 29.6 Å². The molecule has 0 aromatic carbocycles. The Morgan fingerprint density at radius 3 is 2.29 bits per heavy atom. The molecule has 0 radical (unpaired) electrons. The minimum Gasteiger partial charge on any atom is -0.467 e. The highest BCUT2D eigenvalue weighted by Crippen LogP contribution is 2.31. The third-order valence-corrected chi connectivity index (χ3v) is 4.97. The van der Waals surface area contributed by atoms with E-state index in [0.29, 0.717) is 5.75 Å². The number of ether oxygens (including phenoxy) is 2. The molecular formula is C13H20N2O5S. The second-order valence-corrected chi connectivity index (χ2v) is 6.15. The van der Waals surface area contributed by atoms with Crippen LogP contribution >= 0.6 is 11.8 Å². The number of hydrogen-bond donors (Lipinski definition) is 0. The topological polar surface area (TPSA) is 76.2 Å². The molecule has 0 N–H and O–H groups in total. The van der Waals surface area contributed by atoms with Crippen LogP contribution in [-0.2, 0) is 23.9 Å². The van der Waals surface area contributed by atoms with Crippen molar-refractivity contribution in [1.82, 2.24) is 9.80 Å². The van der Waals surface area contributed by atoms with Gasteiger partial charge < -0.3 is 14.4 Å². The molecule has 2 atom stereocenters. The Balaban J connectivity index is 2.11. The first-order valence-corrected chi connectivity index (χ1v) is 7.94. The first-order valence-electron chi connectivity index (χ1n) is 6.89. The van der Waals surface area contributed by atoms with Gasteiger partial charge in [-0.3, -0.25) is 9.69 Å². The summed E-state index contributed by atoms with van der Waals surface area (Å²) in [6, 6.07) is -0.723. The first kappa shape index (κ1) is 16.1. The number of carbonyl (C=O) groups is 3. The number of carbonyl (C=O) groups excluding carboxylic acids is 3. The van der Waals surface area contributed by atoms with Gasteiger partial charge in [-0.2, -0.15) is 0 Å². The molecule has 0 aromatic rings. The van der Waals surface area contributed by atoms with Crippen molar-refractivity contribution in [2.45, 2.75) is 24.3 Å². The number of nitrogens with zero attached hydrogens (tertiary/aromatic N) is 2. The Bertz CT molecular complexity index is 401. The number of thioether (sulfide) groups is 1. The van der Waals surface area contributed by atoms with Crippen LogP contribution in [0.5, 0.6) is 0 Å². The van der Waals surface area contributed by atoms with E-state index in [0.717, 1.165) is 25.9 Å².